The molecule has 1 aromatic heterocycles. The van der Waals surface area contributed by atoms with Crippen LogP contribution in [0.25, 0.3) is 0 Å². The average molecular weight is 284 g/mol. The highest BCUT2D eigenvalue weighted by atomic mass is 79.9. The SMILES string of the molecule is Cc1cc(Br)cnc1OCC1CCCCC1. The van der Waals surface area contributed by atoms with Crippen molar-refractivity contribution in [3.8, 4) is 5.88 Å². The summed E-state index contributed by atoms with van der Waals surface area (Å²) in [6, 6.07) is 2.04. The molecule has 1 aliphatic rings. The minimum atomic E-state index is 0.735. The van der Waals surface area contributed by atoms with Gasteiger partial charge in [0.2, 0.25) is 5.88 Å². The summed E-state index contributed by atoms with van der Waals surface area (Å²) in [7, 11) is 0. The number of ether oxygens (including phenoxy) is 1. The van der Waals surface area contributed by atoms with Crippen LogP contribution < -0.4 is 4.74 Å². The Balaban J connectivity index is 1.88. The van der Waals surface area contributed by atoms with E-state index in [0.29, 0.717) is 0 Å². The zero-order valence-corrected chi connectivity index (χ0v) is 11.3. The van der Waals surface area contributed by atoms with E-state index in [-0.39, 0.29) is 0 Å². The van der Waals surface area contributed by atoms with E-state index in [2.05, 4.69) is 20.9 Å². The zero-order chi connectivity index (χ0) is 11.4. The number of aromatic nitrogens is 1. The van der Waals surface area contributed by atoms with Gasteiger partial charge in [0.1, 0.15) is 0 Å². The summed E-state index contributed by atoms with van der Waals surface area (Å²) in [5, 5.41) is 0. The van der Waals surface area contributed by atoms with Gasteiger partial charge in [-0.25, -0.2) is 4.98 Å². The second-order valence-electron chi connectivity index (χ2n) is 4.59. The van der Waals surface area contributed by atoms with E-state index < -0.39 is 0 Å². The second kappa shape index (κ2) is 5.67. The van der Waals surface area contributed by atoms with Crippen LogP contribution in [0.5, 0.6) is 5.88 Å². The lowest BCUT2D eigenvalue weighted by Crippen LogP contribution is -2.16. The quantitative estimate of drug-likeness (QED) is 0.833. The standard InChI is InChI=1S/C13H18BrNO/c1-10-7-12(14)8-15-13(10)16-9-11-5-3-2-4-6-11/h7-8,11H,2-6,9H2,1H3. The minimum Gasteiger partial charge on any atom is -0.477 e. The second-order valence-corrected chi connectivity index (χ2v) is 5.51. The van der Waals surface area contributed by atoms with E-state index in [1.54, 1.807) is 6.20 Å². The summed E-state index contributed by atoms with van der Waals surface area (Å²) < 4.78 is 6.81. The van der Waals surface area contributed by atoms with Crippen LogP contribution in [0.1, 0.15) is 37.7 Å². The Morgan fingerprint density at radius 2 is 2.12 bits per heavy atom. The first-order valence-electron chi connectivity index (χ1n) is 6.00. The van der Waals surface area contributed by atoms with E-state index in [4.69, 9.17) is 4.74 Å². The summed E-state index contributed by atoms with van der Waals surface area (Å²) in [5.74, 6) is 1.52. The molecule has 0 N–H and O–H groups in total. The van der Waals surface area contributed by atoms with E-state index >= 15 is 0 Å². The summed E-state index contributed by atoms with van der Waals surface area (Å²) in [5.41, 5.74) is 1.10. The number of nitrogens with zero attached hydrogens (tertiary/aromatic N) is 1. The van der Waals surface area contributed by atoms with Crippen LogP contribution in [0.2, 0.25) is 0 Å². The van der Waals surface area contributed by atoms with E-state index in [1.807, 2.05) is 13.0 Å². The van der Waals surface area contributed by atoms with Crippen LogP contribution in [0.3, 0.4) is 0 Å². The zero-order valence-electron chi connectivity index (χ0n) is 9.71. The summed E-state index contributed by atoms with van der Waals surface area (Å²) >= 11 is 3.41. The van der Waals surface area contributed by atoms with Gasteiger partial charge in [-0.05, 0) is 47.7 Å². The van der Waals surface area contributed by atoms with Crippen molar-refractivity contribution < 1.29 is 4.74 Å². The molecule has 1 fully saturated rings. The van der Waals surface area contributed by atoms with Gasteiger partial charge >= 0.3 is 0 Å². The maximum absolute atomic E-state index is 5.80. The predicted molar refractivity (Wildman–Crippen MR) is 68.7 cm³/mol. The molecule has 0 saturated heterocycles. The monoisotopic (exact) mass is 283 g/mol. The Morgan fingerprint density at radius 1 is 1.38 bits per heavy atom. The molecule has 2 rings (SSSR count). The third kappa shape index (κ3) is 3.21. The van der Waals surface area contributed by atoms with Crippen molar-refractivity contribution in [2.24, 2.45) is 5.92 Å². The molecule has 1 aliphatic carbocycles. The average Bonchev–Trinajstić information content (AvgIpc) is 2.29. The van der Waals surface area contributed by atoms with E-state index in [9.17, 15) is 0 Å². The number of hydrogen-bond donors (Lipinski definition) is 0. The lowest BCUT2D eigenvalue weighted by atomic mass is 9.90. The maximum atomic E-state index is 5.80. The van der Waals surface area contributed by atoms with E-state index in [1.165, 1.54) is 32.1 Å². The molecule has 3 heteroatoms. The first kappa shape index (κ1) is 11.9. The first-order chi connectivity index (χ1) is 7.75. The number of hydrogen-bond acceptors (Lipinski definition) is 2. The third-order valence-corrected chi connectivity index (χ3v) is 3.61. The number of pyridine rings is 1. The molecular weight excluding hydrogens is 266 g/mol. The molecule has 16 heavy (non-hydrogen) atoms. The van der Waals surface area contributed by atoms with E-state index in [0.717, 1.165) is 28.4 Å². The third-order valence-electron chi connectivity index (χ3n) is 3.18. The van der Waals surface area contributed by atoms with Gasteiger partial charge in [0.25, 0.3) is 0 Å². The molecule has 1 saturated carbocycles. The molecule has 0 bridgehead atoms. The van der Waals surface area contributed by atoms with Crippen LogP contribution in [0, 0.1) is 12.8 Å². The molecule has 0 amide bonds. The molecular formula is C13H18BrNO. The molecule has 0 aromatic carbocycles. The lowest BCUT2D eigenvalue weighted by molar-refractivity contribution is 0.202. The van der Waals surface area contributed by atoms with Gasteiger partial charge in [0.15, 0.2) is 0 Å². The van der Waals surface area contributed by atoms with Gasteiger partial charge in [0.05, 0.1) is 6.61 Å². The Hall–Kier alpha value is -0.570. The molecule has 0 radical (unpaired) electrons. The molecule has 0 aliphatic heterocycles. The maximum Gasteiger partial charge on any atom is 0.216 e. The fourth-order valence-electron chi connectivity index (χ4n) is 2.23. The van der Waals surface area contributed by atoms with Crippen LogP contribution in [-0.2, 0) is 0 Å². The molecule has 1 heterocycles. The molecule has 1 aromatic rings. The van der Waals surface area contributed by atoms with Gasteiger partial charge in [-0.15, -0.1) is 0 Å². The lowest BCUT2D eigenvalue weighted by Gasteiger charge is -2.21. The summed E-state index contributed by atoms with van der Waals surface area (Å²) in [6.07, 6.45) is 8.54. The normalized spacial score (nSPS) is 17.4. The highest BCUT2D eigenvalue weighted by molar-refractivity contribution is 9.10. The number of halogens is 1. The molecule has 2 nitrogen and oxygen atoms in total. The Bertz CT molecular complexity index is 348. The smallest absolute Gasteiger partial charge is 0.216 e. The van der Waals surface area contributed by atoms with Crippen molar-refractivity contribution in [3.05, 3.63) is 22.3 Å². The Labute approximate surface area is 106 Å². The predicted octanol–water partition coefficient (Wildman–Crippen LogP) is 4.11. The topological polar surface area (TPSA) is 22.1 Å². The summed E-state index contributed by atoms with van der Waals surface area (Å²) in [6.45, 7) is 2.86. The van der Waals surface area contributed by atoms with Gasteiger partial charge < -0.3 is 4.74 Å². The molecule has 0 unspecified atom stereocenters. The Morgan fingerprint density at radius 3 is 2.81 bits per heavy atom. The molecule has 0 atom stereocenters. The van der Waals surface area contributed by atoms with Crippen molar-refractivity contribution in [2.45, 2.75) is 39.0 Å². The van der Waals surface area contributed by atoms with Crippen molar-refractivity contribution >= 4 is 15.9 Å². The van der Waals surface area contributed by atoms with Crippen LogP contribution in [-0.4, -0.2) is 11.6 Å². The van der Waals surface area contributed by atoms with Gasteiger partial charge in [-0.3, -0.25) is 0 Å². The van der Waals surface area contributed by atoms with Gasteiger partial charge in [0, 0.05) is 16.2 Å². The largest absolute Gasteiger partial charge is 0.477 e. The van der Waals surface area contributed by atoms with Crippen molar-refractivity contribution in [1.82, 2.24) is 4.98 Å². The van der Waals surface area contributed by atoms with Crippen molar-refractivity contribution in [1.29, 1.82) is 0 Å². The highest BCUT2D eigenvalue weighted by Crippen LogP contribution is 2.25. The summed E-state index contributed by atoms with van der Waals surface area (Å²) in [4.78, 5) is 4.29. The van der Waals surface area contributed by atoms with Crippen LogP contribution in [0.15, 0.2) is 16.7 Å². The van der Waals surface area contributed by atoms with Gasteiger partial charge in [-0.2, -0.15) is 0 Å². The number of aryl methyl sites for hydroxylation is 1. The van der Waals surface area contributed by atoms with Gasteiger partial charge in [-0.1, -0.05) is 19.3 Å². The fourth-order valence-corrected chi connectivity index (χ4v) is 2.68. The fraction of sp³-hybridized carbons (Fsp3) is 0.615. The Kier molecular flexibility index (Phi) is 4.22. The van der Waals surface area contributed by atoms with Crippen LogP contribution >= 0.6 is 15.9 Å². The molecule has 88 valence electrons. The number of rotatable bonds is 3. The first-order valence-corrected chi connectivity index (χ1v) is 6.80. The van der Waals surface area contributed by atoms with Crippen molar-refractivity contribution in [2.75, 3.05) is 6.61 Å². The highest BCUT2D eigenvalue weighted by Gasteiger charge is 2.14. The molecule has 0 spiro atoms. The van der Waals surface area contributed by atoms with Crippen molar-refractivity contribution in [3.63, 3.8) is 0 Å². The minimum absolute atomic E-state index is 0.735. The van der Waals surface area contributed by atoms with Crippen LogP contribution in [0.4, 0.5) is 0 Å².